The van der Waals surface area contributed by atoms with Crippen LogP contribution < -0.4 is 0 Å². The number of hydrogen-bond donors (Lipinski definition) is 0. The number of thiophene rings is 1. The molecule has 0 fully saturated rings. The third kappa shape index (κ3) is 6.44. The van der Waals surface area contributed by atoms with Crippen molar-refractivity contribution < 1.29 is 4.42 Å². The first-order chi connectivity index (χ1) is 30.7. The fourth-order valence-electron chi connectivity index (χ4n) is 8.64. The fraction of sp³-hybridized carbons (Fsp3) is 0. The lowest BCUT2D eigenvalue weighted by molar-refractivity contribution is 0.669. The SMILES string of the molecule is c1ccc(-c2cccc(-c3cccc(-c4ccc5sc6cccc(-c7nc(-c8ccccc8)nc(-c8ccc(-c9ccc%10c(c9)oc9ccccc9%10)cc8)n7)c6c5c4)c3)c2)cc1. The van der Waals surface area contributed by atoms with Gasteiger partial charge in [0, 0.05) is 47.6 Å². The van der Waals surface area contributed by atoms with Crippen LogP contribution in [0.1, 0.15) is 0 Å². The second kappa shape index (κ2) is 14.9. The van der Waals surface area contributed by atoms with Crippen molar-refractivity contribution in [1.29, 1.82) is 0 Å². The van der Waals surface area contributed by atoms with Crippen molar-refractivity contribution in [3.8, 4) is 78.7 Å². The molecule has 0 amide bonds. The molecule has 0 saturated carbocycles. The minimum absolute atomic E-state index is 0.624. The number of para-hydroxylation sites is 1. The molecule has 290 valence electrons. The van der Waals surface area contributed by atoms with E-state index in [1.807, 2.05) is 36.4 Å². The summed E-state index contributed by atoms with van der Waals surface area (Å²) in [6.07, 6.45) is 0. The molecule has 0 saturated heterocycles. The summed E-state index contributed by atoms with van der Waals surface area (Å²) in [5.41, 5.74) is 13.9. The van der Waals surface area contributed by atoms with Gasteiger partial charge in [0.05, 0.1) is 0 Å². The van der Waals surface area contributed by atoms with Crippen LogP contribution in [0.3, 0.4) is 0 Å². The molecule has 0 bridgehead atoms. The van der Waals surface area contributed by atoms with E-state index in [1.165, 1.54) is 42.6 Å². The second-order valence-corrected chi connectivity index (χ2v) is 16.7. The smallest absolute Gasteiger partial charge is 0.164 e. The van der Waals surface area contributed by atoms with E-state index in [0.717, 1.165) is 60.7 Å². The third-order valence-electron chi connectivity index (χ3n) is 11.8. The summed E-state index contributed by atoms with van der Waals surface area (Å²) < 4.78 is 8.62. The Morgan fingerprint density at radius 3 is 1.50 bits per heavy atom. The molecule has 4 nitrogen and oxygen atoms in total. The van der Waals surface area contributed by atoms with Gasteiger partial charge in [-0.15, -0.1) is 11.3 Å². The van der Waals surface area contributed by atoms with Crippen LogP contribution in [0, 0.1) is 0 Å². The van der Waals surface area contributed by atoms with Gasteiger partial charge in [0.1, 0.15) is 11.2 Å². The standard InChI is InChI=1S/C57H35N3OS/c1-3-12-36(13-4-1)40-16-9-17-41(32-40)42-18-10-19-43(33-42)44-29-31-52-49(34-44)54-48(21-11-23-53(54)62-52)57-59-55(38-14-5-2-6-15-38)58-56(60-57)39-26-24-37(25-27-39)45-28-30-47-46-20-7-8-22-50(46)61-51(47)35-45/h1-35H. The van der Waals surface area contributed by atoms with Gasteiger partial charge in [0.15, 0.2) is 17.5 Å². The van der Waals surface area contributed by atoms with Crippen LogP contribution in [0.5, 0.6) is 0 Å². The molecule has 0 spiro atoms. The van der Waals surface area contributed by atoms with Gasteiger partial charge in [-0.3, -0.25) is 0 Å². The molecule has 0 aliphatic carbocycles. The molecule has 9 aromatic carbocycles. The largest absolute Gasteiger partial charge is 0.456 e. The van der Waals surface area contributed by atoms with Crippen molar-refractivity contribution in [3.05, 3.63) is 212 Å². The van der Waals surface area contributed by atoms with Gasteiger partial charge >= 0.3 is 0 Å². The Morgan fingerprint density at radius 1 is 0.290 bits per heavy atom. The Morgan fingerprint density at radius 2 is 0.774 bits per heavy atom. The highest BCUT2D eigenvalue weighted by molar-refractivity contribution is 7.26. The van der Waals surface area contributed by atoms with Crippen LogP contribution in [-0.4, -0.2) is 15.0 Å². The molecule has 0 radical (unpaired) electrons. The van der Waals surface area contributed by atoms with E-state index in [0.29, 0.717) is 17.5 Å². The normalized spacial score (nSPS) is 11.5. The van der Waals surface area contributed by atoms with Crippen molar-refractivity contribution in [3.63, 3.8) is 0 Å². The molecule has 12 aromatic rings. The lowest BCUT2D eigenvalue weighted by Gasteiger charge is -2.11. The molecule has 0 atom stereocenters. The number of fused-ring (bicyclic) bond motifs is 6. The Balaban J connectivity index is 0.940. The predicted octanol–water partition coefficient (Wildman–Crippen LogP) is 15.8. The molecular formula is C57H35N3OS. The van der Waals surface area contributed by atoms with E-state index in [1.54, 1.807) is 11.3 Å². The van der Waals surface area contributed by atoms with Gasteiger partial charge in [-0.1, -0.05) is 164 Å². The van der Waals surface area contributed by atoms with Crippen LogP contribution >= 0.6 is 11.3 Å². The van der Waals surface area contributed by atoms with E-state index < -0.39 is 0 Å². The zero-order valence-electron chi connectivity index (χ0n) is 33.4. The first-order valence-electron chi connectivity index (χ1n) is 20.7. The van der Waals surface area contributed by atoms with Crippen LogP contribution in [0.25, 0.3) is 121 Å². The lowest BCUT2D eigenvalue weighted by Crippen LogP contribution is -2.00. The highest BCUT2D eigenvalue weighted by Crippen LogP contribution is 2.42. The van der Waals surface area contributed by atoms with Gasteiger partial charge in [-0.25, -0.2) is 15.0 Å². The molecule has 5 heteroatoms. The molecule has 0 aliphatic heterocycles. The first-order valence-corrected chi connectivity index (χ1v) is 21.6. The Kier molecular flexibility index (Phi) is 8.65. The molecule has 3 heterocycles. The van der Waals surface area contributed by atoms with E-state index >= 15 is 0 Å². The minimum Gasteiger partial charge on any atom is -0.456 e. The predicted molar refractivity (Wildman–Crippen MR) is 258 cm³/mol. The van der Waals surface area contributed by atoms with E-state index in [2.05, 4.69) is 176 Å². The summed E-state index contributed by atoms with van der Waals surface area (Å²) in [5.74, 6) is 1.90. The third-order valence-corrected chi connectivity index (χ3v) is 12.9. The summed E-state index contributed by atoms with van der Waals surface area (Å²) in [6.45, 7) is 0. The number of benzene rings is 9. The maximum atomic E-state index is 6.21. The summed E-state index contributed by atoms with van der Waals surface area (Å²) in [7, 11) is 0. The second-order valence-electron chi connectivity index (χ2n) is 15.6. The van der Waals surface area contributed by atoms with Crippen molar-refractivity contribution in [2.24, 2.45) is 0 Å². The van der Waals surface area contributed by atoms with Crippen LogP contribution in [0.4, 0.5) is 0 Å². The van der Waals surface area contributed by atoms with Crippen molar-refractivity contribution in [2.45, 2.75) is 0 Å². The maximum Gasteiger partial charge on any atom is 0.164 e. The average Bonchev–Trinajstić information content (AvgIpc) is 3.92. The number of furan rings is 1. The van der Waals surface area contributed by atoms with Crippen LogP contribution in [-0.2, 0) is 0 Å². The molecule has 12 rings (SSSR count). The highest BCUT2D eigenvalue weighted by Gasteiger charge is 2.18. The van der Waals surface area contributed by atoms with Gasteiger partial charge in [0.25, 0.3) is 0 Å². The molecule has 3 aromatic heterocycles. The maximum absolute atomic E-state index is 6.21. The Hall–Kier alpha value is -7.99. The summed E-state index contributed by atoms with van der Waals surface area (Å²) in [6, 6.07) is 74.7. The number of hydrogen-bond acceptors (Lipinski definition) is 5. The summed E-state index contributed by atoms with van der Waals surface area (Å²) in [5, 5.41) is 4.58. The van der Waals surface area contributed by atoms with Gasteiger partial charge in [0.2, 0.25) is 0 Å². The molecule has 0 aliphatic rings. The van der Waals surface area contributed by atoms with Crippen molar-refractivity contribution in [1.82, 2.24) is 15.0 Å². The zero-order chi connectivity index (χ0) is 41.0. The van der Waals surface area contributed by atoms with Crippen LogP contribution in [0.15, 0.2) is 217 Å². The van der Waals surface area contributed by atoms with Gasteiger partial charge in [-0.05, 0) is 93.0 Å². The monoisotopic (exact) mass is 809 g/mol. The molecular weight excluding hydrogens is 775 g/mol. The highest BCUT2D eigenvalue weighted by atomic mass is 32.1. The summed E-state index contributed by atoms with van der Waals surface area (Å²) >= 11 is 1.80. The average molecular weight is 810 g/mol. The van der Waals surface area contributed by atoms with Crippen molar-refractivity contribution >= 4 is 53.4 Å². The molecule has 62 heavy (non-hydrogen) atoms. The number of rotatable bonds is 7. The molecule has 0 N–H and O–H groups in total. The van der Waals surface area contributed by atoms with Gasteiger partial charge < -0.3 is 4.42 Å². The Bertz CT molecular complexity index is 3630. The fourth-order valence-corrected chi connectivity index (χ4v) is 9.75. The van der Waals surface area contributed by atoms with E-state index in [4.69, 9.17) is 19.4 Å². The van der Waals surface area contributed by atoms with E-state index in [-0.39, 0.29) is 0 Å². The van der Waals surface area contributed by atoms with Crippen molar-refractivity contribution in [2.75, 3.05) is 0 Å². The minimum atomic E-state index is 0.624. The zero-order valence-corrected chi connectivity index (χ0v) is 34.2. The summed E-state index contributed by atoms with van der Waals surface area (Å²) in [4.78, 5) is 15.5. The first kappa shape index (κ1) is 35.9. The Labute approximate surface area is 362 Å². The lowest BCUT2D eigenvalue weighted by atomic mass is 9.95. The van der Waals surface area contributed by atoms with Gasteiger partial charge in [-0.2, -0.15) is 0 Å². The van der Waals surface area contributed by atoms with E-state index in [9.17, 15) is 0 Å². The van der Waals surface area contributed by atoms with Crippen LogP contribution in [0.2, 0.25) is 0 Å². The molecule has 0 unspecified atom stereocenters. The topological polar surface area (TPSA) is 51.8 Å². The quantitative estimate of drug-likeness (QED) is 0.161. The number of nitrogens with zero attached hydrogens (tertiary/aromatic N) is 3. The number of aromatic nitrogens is 3.